The van der Waals surface area contributed by atoms with E-state index in [-0.39, 0.29) is 17.0 Å². The third-order valence-electron chi connectivity index (χ3n) is 6.20. The van der Waals surface area contributed by atoms with Crippen LogP contribution in [-0.2, 0) is 14.0 Å². The summed E-state index contributed by atoms with van der Waals surface area (Å²) in [7, 11) is -0.385. The second kappa shape index (κ2) is 8.94. The van der Waals surface area contributed by atoms with Crippen LogP contribution in [0, 0.1) is 6.92 Å². The smallest absolute Gasteiger partial charge is 0.411 e. The highest BCUT2D eigenvalue weighted by Crippen LogP contribution is 2.40. The van der Waals surface area contributed by atoms with E-state index in [4.69, 9.17) is 9.16 Å². The molecule has 0 N–H and O–H groups in total. The third-order valence-corrected chi connectivity index (χ3v) is 10.7. The molecule has 0 bridgehead atoms. The molecule has 1 saturated heterocycles. The lowest BCUT2D eigenvalue weighted by atomic mass is 10.1. The summed E-state index contributed by atoms with van der Waals surface area (Å²) in [6.07, 6.45) is -0.206. The molecule has 2 atom stereocenters. The maximum Gasteiger partial charge on any atom is 0.411 e. The first-order chi connectivity index (χ1) is 14.0. The minimum absolute atomic E-state index is 0.00236. The molecule has 1 aromatic carbocycles. The van der Waals surface area contributed by atoms with Gasteiger partial charge in [-0.05, 0) is 69.9 Å². The number of carbonyl (C=O) groups excluding carboxylic acids is 2. The van der Waals surface area contributed by atoms with Gasteiger partial charge < -0.3 is 14.1 Å². The third kappa shape index (κ3) is 6.10. The number of benzene rings is 1. The zero-order valence-electron chi connectivity index (χ0n) is 20.9. The molecule has 0 radical (unpaired) electrons. The van der Waals surface area contributed by atoms with Crippen molar-refractivity contribution in [3.05, 3.63) is 29.8 Å². The van der Waals surface area contributed by atoms with Crippen LogP contribution in [0.3, 0.4) is 0 Å². The van der Waals surface area contributed by atoms with Crippen LogP contribution in [-0.4, -0.2) is 56.6 Å². The lowest BCUT2D eigenvalue weighted by Gasteiger charge is -2.40. The Balaban J connectivity index is 2.38. The predicted octanol–water partition coefficient (Wildman–Crippen LogP) is 5.36. The standard InChI is InChI=1S/C24H40N2O4Si/c1-17-12-11-13-18(16-17)25(8)21(27)20-19(30-31(9,10)24(5,6)7)14-15-26(20)22(28)29-23(2,3)4/h11-13,16,19-20H,14-15H2,1-10H3/t19-,20-/m0/s1. The number of carbonyl (C=O) groups is 2. The van der Waals surface area contributed by atoms with Gasteiger partial charge in [-0.2, -0.15) is 0 Å². The molecule has 1 aliphatic rings. The van der Waals surface area contributed by atoms with Gasteiger partial charge in [0.2, 0.25) is 0 Å². The fourth-order valence-corrected chi connectivity index (χ4v) is 4.78. The van der Waals surface area contributed by atoms with Gasteiger partial charge in [-0.3, -0.25) is 9.69 Å². The van der Waals surface area contributed by atoms with Crippen LogP contribution in [0.1, 0.15) is 53.5 Å². The first kappa shape index (κ1) is 25.4. The zero-order chi connectivity index (χ0) is 23.8. The highest BCUT2D eigenvalue weighted by Gasteiger charge is 2.49. The molecule has 174 valence electrons. The molecule has 1 aromatic rings. The van der Waals surface area contributed by atoms with Gasteiger partial charge in [0.1, 0.15) is 11.6 Å². The Labute approximate surface area is 189 Å². The lowest BCUT2D eigenvalue weighted by Crippen LogP contribution is -2.55. The minimum atomic E-state index is -2.14. The van der Waals surface area contributed by atoms with Crippen LogP contribution >= 0.6 is 0 Å². The molecule has 0 spiro atoms. The summed E-state index contributed by atoms with van der Waals surface area (Å²) >= 11 is 0. The molecule has 2 amide bonds. The molecule has 0 aromatic heterocycles. The maximum atomic E-state index is 13.7. The number of nitrogens with zero attached hydrogens (tertiary/aromatic N) is 2. The number of aryl methyl sites for hydroxylation is 1. The summed E-state index contributed by atoms with van der Waals surface area (Å²) < 4.78 is 12.3. The zero-order valence-corrected chi connectivity index (χ0v) is 21.9. The van der Waals surface area contributed by atoms with E-state index in [1.807, 2.05) is 52.0 Å². The fourth-order valence-electron chi connectivity index (χ4n) is 3.42. The van der Waals surface area contributed by atoms with E-state index in [1.54, 1.807) is 16.8 Å². The summed E-state index contributed by atoms with van der Waals surface area (Å²) in [5.41, 5.74) is 1.24. The Morgan fingerprint density at radius 3 is 2.26 bits per heavy atom. The Kier molecular flexibility index (Phi) is 7.33. The Morgan fingerprint density at radius 2 is 1.74 bits per heavy atom. The molecular formula is C24H40N2O4Si. The van der Waals surface area contributed by atoms with E-state index in [0.717, 1.165) is 11.3 Å². The van der Waals surface area contributed by atoms with Crippen molar-refractivity contribution in [2.75, 3.05) is 18.5 Å². The molecule has 7 heteroatoms. The van der Waals surface area contributed by atoms with Crippen LogP contribution in [0.15, 0.2) is 24.3 Å². The minimum Gasteiger partial charge on any atom is -0.444 e. The van der Waals surface area contributed by atoms with Crippen LogP contribution in [0.2, 0.25) is 18.1 Å². The SMILES string of the molecule is Cc1cccc(N(C)C(=O)[C@@H]2[C@@H](O[Si](C)(C)C(C)(C)C)CCN2C(=O)OC(C)(C)C)c1. The van der Waals surface area contributed by atoms with E-state index in [9.17, 15) is 9.59 Å². The number of likely N-dealkylation sites (tertiary alicyclic amines) is 1. The first-order valence-electron chi connectivity index (χ1n) is 11.1. The van der Waals surface area contributed by atoms with E-state index in [0.29, 0.717) is 13.0 Å². The highest BCUT2D eigenvalue weighted by molar-refractivity contribution is 6.74. The van der Waals surface area contributed by atoms with Crippen molar-refractivity contribution in [3.63, 3.8) is 0 Å². The molecule has 0 saturated carbocycles. The summed E-state index contributed by atoms with van der Waals surface area (Å²) in [6.45, 7) is 18.8. The van der Waals surface area contributed by atoms with Crippen LogP contribution in [0.25, 0.3) is 0 Å². The summed E-state index contributed by atoms with van der Waals surface area (Å²) in [5, 5.41) is 0.00236. The molecule has 6 nitrogen and oxygen atoms in total. The molecule has 1 fully saturated rings. The summed E-state index contributed by atoms with van der Waals surface area (Å²) in [5.74, 6) is -0.155. The van der Waals surface area contributed by atoms with Crippen molar-refractivity contribution < 1.29 is 18.8 Å². The Morgan fingerprint density at radius 1 is 1.13 bits per heavy atom. The first-order valence-corrected chi connectivity index (χ1v) is 14.0. The van der Waals surface area contributed by atoms with Crippen molar-refractivity contribution in [1.82, 2.24) is 4.90 Å². The van der Waals surface area contributed by atoms with Crippen LogP contribution in [0.5, 0.6) is 0 Å². The van der Waals surface area contributed by atoms with Crippen molar-refractivity contribution in [1.29, 1.82) is 0 Å². The topological polar surface area (TPSA) is 59.1 Å². The van der Waals surface area contributed by atoms with E-state index >= 15 is 0 Å². The lowest BCUT2D eigenvalue weighted by molar-refractivity contribution is -0.124. The van der Waals surface area contributed by atoms with Gasteiger partial charge in [0.25, 0.3) is 5.91 Å². The second-order valence-corrected chi connectivity index (χ2v) is 15.8. The van der Waals surface area contributed by atoms with Crippen LogP contribution < -0.4 is 4.90 Å². The largest absolute Gasteiger partial charge is 0.444 e. The number of hydrogen-bond acceptors (Lipinski definition) is 4. The number of hydrogen-bond donors (Lipinski definition) is 0. The average Bonchev–Trinajstić information content (AvgIpc) is 3.01. The molecule has 0 unspecified atom stereocenters. The van der Waals surface area contributed by atoms with Crippen LogP contribution in [0.4, 0.5) is 10.5 Å². The molecular weight excluding hydrogens is 408 g/mol. The van der Waals surface area contributed by atoms with Crippen molar-refractivity contribution in [3.8, 4) is 0 Å². The quantitative estimate of drug-likeness (QED) is 0.582. The molecule has 31 heavy (non-hydrogen) atoms. The molecule has 1 aliphatic heterocycles. The number of likely N-dealkylation sites (N-methyl/N-ethyl adjacent to an activating group) is 1. The number of anilines is 1. The average molecular weight is 449 g/mol. The number of ether oxygens (including phenoxy) is 1. The normalized spacial score (nSPS) is 20.0. The molecule has 2 rings (SSSR count). The Bertz CT molecular complexity index is 811. The van der Waals surface area contributed by atoms with Crippen molar-refractivity contribution in [2.45, 2.75) is 90.8 Å². The van der Waals surface area contributed by atoms with Gasteiger partial charge in [0.05, 0.1) is 6.10 Å². The van der Waals surface area contributed by atoms with Gasteiger partial charge in [-0.25, -0.2) is 4.79 Å². The van der Waals surface area contributed by atoms with Gasteiger partial charge in [-0.15, -0.1) is 0 Å². The monoisotopic (exact) mass is 448 g/mol. The van der Waals surface area contributed by atoms with Gasteiger partial charge in [-0.1, -0.05) is 32.9 Å². The van der Waals surface area contributed by atoms with Gasteiger partial charge in [0, 0.05) is 19.3 Å². The summed E-state index contributed by atoms with van der Waals surface area (Å²) in [4.78, 5) is 29.9. The predicted molar refractivity (Wildman–Crippen MR) is 128 cm³/mol. The van der Waals surface area contributed by atoms with Crippen molar-refractivity contribution >= 4 is 26.0 Å². The van der Waals surface area contributed by atoms with E-state index < -0.39 is 26.1 Å². The van der Waals surface area contributed by atoms with Gasteiger partial charge in [0.15, 0.2) is 8.32 Å². The van der Waals surface area contributed by atoms with E-state index in [1.165, 1.54) is 0 Å². The summed E-state index contributed by atoms with van der Waals surface area (Å²) in [6, 6.07) is 7.08. The van der Waals surface area contributed by atoms with E-state index in [2.05, 4.69) is 33.9 Å². The Hall–Kier alpha value is -1.86. The van der Waals surface area contributed by atoms with Gasteiger partial charge >= 0.3 is 6.09 Å². The number of rotatable bonds is 4. The van der Waals surface area contributed by atoms with Crippen molar-refractivity contribution in [2.24, 2.45) is 0 Å². The number of amides is 2. The fraction of sp³-hybridized carbons (Fsp3) is 0.667. The maximum absolute atomic E-state index is 13.7. The second-order valence-electron chi connectivity index (χ2n) is 11.1. The highest BCUT2D eigenvalue weighted by atomic mass is 28.4. The molecule has 0 aliphatic carbocycles. The molecule has 1 heterocycles.